The molecule has 2 rings (SSSR count). The van der Waals surface area contributed by atoms with Gasteiger partial charge in [0.25, 0.3) is 0 Å². The number of carbonyl (C=O) groups is 2. The molecule has 0 aromatic heterocycles. The first kappa shape index (κ1) is 17.5. The van der Waals surface area contributed by atoms with E-state index in [9.17, 15) is 14.7 Å². The van der Waals surface area contributed by atoms with E-state index in [4.69, 9.17) is 4.74 Å². The van der Waals surface area contributed by atoms with Crippen molar-refractivity contribution in [1.82, 2.24) is 5.32 Å². The molecule has 0 aliphatic carbocycles. The first-order chi connectivity index (χ1) is 11.5. The predicted molar refractivity (Wildman–Crippen MR) is 91.2 cm³/mol. The second-order valence-electron chi connectivity index (χ2n) is 5.56. The van der Waals surface area contributed by atoms with Gasteiger partial charge in [0.05, 0.1) is 7.11 Å². The van der Waals surface area contributed by atoms with Crippen LogP contribution in [0.4, 0.5) is 0 Å². The van der Waals surface area contributed by atoms with Gasteiger partial charge in [-0.3, -0.25) is 9.59 Å². The van der Waals surface area contributed by atoms with Gasteiger partial charge < -0.3 is 15.2 Å². The molecule has 5 heteroatoms. The van der Waals surface area contributed by atoms with Gasteiger partial charge in [-0.15, -0.1) is 0 Å². The molecular formula is C19H21NO4. The number of phenolic OH excluding ortho intramolecular Hbond substituents is 1. The van der Waals surface area contributed by atoms with Crippen LogP contribution in [0, 0.1) is 6.92 Å². The summed E-state index contributed by atoms with van der Waals surface area (Å²) in [5, 5.41) is 12.5. The summed E-state index contributed by atoms with van der Waals surface area (Å²) >= 11 is 0. The number of hydrogen-bond acceptors (Lipinski definition) is 4. The van der Waals surface area contributed by atoms with Crippen LogP contribution in [0.1, 0.15) is 34.3 Å². The molecule has 0 bridgehead atoms. The highest BCUT2D eigenvalue weighted by Crippen LogP contribution is 2.22. The van der Waals surface area contributed by atoms with E-state index in [1.165, 1.54) is 13.2 Å². The van der Waals surface area contributed by atoms with Crippen LogP contribution in [0.5, 0.6) is 11.5 Å². The summed E-state index contributed by atoms with van der Waals surface area (Å²) in [5.41, 5.74) is 2.26. The second kappa shape index (κ2) is 8.15. The summed E-state index contributed by atoms with van der Waals surface area (Å²) in [7, 11) is 1.53. The molecular weight excluding hydrogens is 306 g/mol. The largest absolute Gasteiger partial charge is 0.508 e. The quantitative estimate of drug-likeness (QED) is 0.767. The van der Waals surface area contributed by atoms with Crippen molar-refractivity contribution in [3.8, 4) is 11.5 Å². The number of Topliss-reactive ketones (excluding diaryl/α,β-unsaturated/α-hetero) is 1. The Morgan fingerprint density at radius 2 is 1.79 bits per heavy atom. The van der Waals surface area contributed by atoms with Crippen LogP contribution in [0.2, 0.25) is 0 Å². The average molecular weight is 327 g/mol. The molecule has 1 amide bonds. The molecule has 0 fully saturated rings. The van der Waals surface area contributed by atoms with Crippen molar-refractivity contribution in [2.45, 2.75) is 26.3 Å². The molecule has 126 valence electrons. The molecule has 0 radical (unpaired) electrons. The summed E-state index contributed by atoms with van der Waals surface area (Å²) < 4.78 is 5.08. The zero-order valence-electron chi connectivity index (χ0n) is 13.8. The van der Waals surface area contributed by atoms with Crippen molar-refractivity contribution in [3.63, 3.8) is 0 Å². The van der Waals surface area contributed by atoms with Crippen LogP contribution in [-0.4, -0.2) is 23.9 Å². The lowest BCUT2D eigenvalue weighted by molar-refractivity contribution is -0.121. The smallest absolute Gasteiger partial charge is 0.220 e. The van der Waals surface area contributed by atoms with Crippen LogP contribution in [0.15, 0.2) is 42.5 Å². The monoisotopic (exact) mass is 327 g/mol. The number of benzene rings is 2. The van der Waals surface area contributed by atoms with Gasteiger partial charge in [-0.25, -0.2) is 0 Å². The zero-order valence-corrected chi connectivity index (χ0v) is 13.8. The van der Waals surface area contributed by atoms with Gasteiger partial charge in [0, 0.05) is 30.5 Å². The van der Waals surface area contributed by atoms with Gasteiger partial charge in [0.2, 0.25) is 5.91 Å². The summed E-state index contributed by atoms with van der Waals surface area (Å²) in [6, 6.07) is 12.1. The van der Waals surface area contributed by atoms with Gasteiger partial charge in [0.1, 0.15) is 11.5 Å². The molecule has 0 aliphatic heterocycles. The number of amides is 1. The molecule has 0 aliphatic rings. The number of nitrogens with one attached hydrogen (secondary N) is 1. The fourth-order valence-corrected chi connectivity index (χ4v) is 2.22. The third kappa shape index (κ3) is 4.84. The Balaban J connectivity index is 1.83. The van der Waals surface area contributed by atoms with Gasteiger partial charge >= 0.3 is 0 Å². The maximum absolute atomic E-state index is 12.0. The Kier molecular flexibility index (Phi) is 5.95. The Morgan fingerprint density at radius 1 is 1.08 bits per heavy atom. The van der Waals surface area contributed by atoms with E-state index in [0.717, 1.165) is 5.56 Å². The minimum Gasteiger partial charge on any atom is -0.508 e. The molecule has 2 N–H and O–H groups in total. The molecule has 24 heavy (non-hydrogen) atoms. The Bertz CT molecular complexity index is 723. The maximum atomic E-state index is 12.0. The summed E-state index contributed by atoms with van der Waals surface area (Å²) in [6.45, 7) is 2.14. The molecule has 2 aromatic rings. The maximum Gasteiger partial charge on any atom is 0.220 e. The molecule has 0 saturated heterocycles. The number of ether oxygens (including phenoxy) is 1. The molecule has 0 unspecified atom stereocenters. The molecule has 0 heterocycles. The number of phenols is 1. The van der Waals surface area contributed by atoms with E-state index >= 15 is 0 Å². The first-order valence-electron chi connectivity index (χ1n) is 7.72. The van der Waals surface area contributed by atoms with Gasteiger partial charge in [0.15, 0.2) is 5.78 Å². The van der Waals surface area contributed by atoms with Crippen molar-refractivity contribution in [2.75, 3.05) is 7.11 Å². The third-order valence-corrected chi connectivity index (χ3v) is 3.72. The van der Waals surface area contributed by atoms with E-state index in [-0.39, 0.29) is 36.8 Å². The van der Waals surface area contributed by atoms with E-state index in [2.05, 4.69) is 5.32 Å². The minimum atomic E-state index is -0.238. The summed E-state index contributed by atoms with van der Waals surface area (Å²) in [4.78, 5) is 23.9. The summed E-state index contributed by atoms with van der Waals surface area (Å²) in [6.07, 6.45) is 0.260. The van der Waals surface area contributed by atoms with E-state index in [1.807, 2.05) is 19.1 Å². The van der Waals surface area contributed by atoms with Gasteiger partial charge in [-0.2, -0.15) is 0 Å². The van der Waals surface area contributed by atoms with E-state index in [1.54, 1.807) is 24.3 Å². The predicted octanol–water partition coefficient (Wildman–Crippen LogP) is 2.99. The SMILES string of the molecule is COc1ccc(O)c(CNC(=O)CCC(=O)c2ccc(C)cc2)c1. The number of methoxy groups -OCH3 is 1. The third-order valence-electron chi connectivity index (χ3n) is 3.72. The summed E-state index contributed by atoms with van der Waals surface area (Å²) in [5.74, 6) is 0.394. The van der Waals surface area contributed by atoms with Crippen LogP contribution >= 0.6 is 0 Å². The van der Waals surface area contributed by atoms with Crippen molar-refractivity contribution in [2.24, 2.45) is 0 Å². The van der Waals surface area contributed by atoms with Crippen molar-refractivity contribution < 1.29 is 19.4 Å². The first-order valence-corrected chi connectivity index (χ1v) is 7.72. The number of ketones is 1. The molecule has 2 aromatic carbocycles. The fraction of sp³-hybridized carbons (Fsp3) is 0.263. The topological polar surface area (TPSA) is 75.6 Å². The Hall–Kier alpha value is -2.82. The minimum absolute atomic E-state index is 0.0608. The highest BCUT2D eigenvalue weighted by Gasteiger charge is 2.10. The second-order valence-corrected chi connectivity index (χ2v) is 5.56. The van der Waals surface area contributed by atoms with Crippen molar-refractivity contribution in [1.29, 1.82) is 0 Å². The van der Waals surface area contributed by atoms with Crippen LogP contribution < -0.4 is 10.1 Å². The van der Waals surface area contributed by atoms with Crippen molar-refractivity contribution in [3.05, 3.63) is 59.2 Å². The zero-order chi connectivity index (χ0) is 17.5. The molecule has 0 atom stereocenters. The highest BCUT2D eigenvalue weighted by atomic mass is 16.5. The van der Waals surface area contributed by atoms with Gasteiger partial charge in [-0.1, -0.05) is 29.8 Å². The fourth-order valence-electron chi connectivity index (χ4n) is 2.22. The molecule has 5 nitrogen and oxygen atoms in total. The molecule has 0 saturated carbocycles. The molecule has 0 spiro atoms. The normalized spacial score (nSPS) is 10.2. The standard InChI is InChI=1S/C19H21NO4/c1-13-3-5-14(6-4-13)17(21)9-10-19(23)20-12-15-11-16(24-2)7-8-18(15)22/h3-8,11,22H,9-10,12H2,1-2H3,(H,20,23). The number of carbonyl (C=O) groups excluding carboxylic acids is 2. The van der Waals surface area contributed by atoms with Crippen LogP contribution in [0.25, 0.3) is 0 Å². The van der Waals surface area contributed by atoms with Crippen LogP contribution in [-0.2, 0) is 11.3 Å². The lowest BCUT2D eigenvalue weighted by atomic mass is 10.0. The number of aryl methyl sites for hydroxylation is 1. The van der Waals surface area contributed by atoms with E-state index in [0.29, 0.717) is 16.9 Å². The van der Waals surface area contributed by atoms with Crippen LogP contribution in [0.3, 0.4) is 0 Å². The Labute approximate surface area is 141 Å². The number of hydrogen-bond donors (Lipinski definition) is 2. The average Bonchev–Trinajstić information content (AvgIpc) is 2.59. The Morgan fingerprint density at radius 3 is 2.46 bits per heavy atom. The highest BCUT2D eigenvalue weighted by molar-refractivity contribution is 5.97. The van der Waals surface area contributed by atoms with E-state index < -0.39 is 0 Å². The number of rotatable bonds is 7. The van der Waals surface area contributed by atoms with Gasteiger partial charge in [-0.05, 0) is 25.1 Å². The lowest BCUT2D eigenvalue weighted by Gasteiger charge is -2.09. The lowest BCUT2D eigenvalue weighted by Crippen LogP contribution is -2.23. The van der Waals surface area contributed by atoms with Crippen molar-refractivity contribution >= 4 is 11.7 Å². The number of aromatic hydroxyl groups is 1.